The minimum absolute atomic E-state index is 0.0535. The number of halogens is 3. The zero-order valence-electron chi connectivity index (χ0n) is 33.9. The molecule has 7 rings (SSSR count). The van der Waals surface area contributed by atoms with Gasteiger partial charge in [-0.2, -0.15) is 0 Å². The van der Waals surface area contributed by atoms with Crippen molar-refractivity contribution in [2.75, 3.05) is 13.1 Å². The van der Waals surface area contributed by atoms with E-state index < -0.39 is 116 Å². The van der Waals surface area contributed by atoms with Gasteiger partial charge in [0.25, 0.3) is 0 Å². The summed E-state index contributed by atoms with van der Waals surface area (Å²) in [6, 6.07) is 5.09. The van der Waals surface area contributed by atoms with E-state index in [0.29, 0.717) is 38.0 Å². The van der Waals surface area contributed by atoms with E-state index in [1.165, 1.54) is 4.68 Å². The average Bonchev–Trinajstić information content (AvgIpc) is 3.82. The quantitative estimate of drug-likeness (QED) is 0.0711. The Morgan fingerprint density at radius 1 is 0.594 bits per heavy atom. The molecule has 0 radical (unpaired) electrons. The Morgan fingerprint density at radius 3 is 1.70 bits per heavy atom. The molecule has 18 N–H and O–H groups in total. The van der Waals surface area contributed by atoms with E-state index in [9.17, 15) is 30.6 Å². The number of hydrogen-bond acceptors (Lipinski definition) is 22. The fourth-order valence-corrected chi connectivity index (χ4v) is 8.70. The van der Waals surface area contributed by atoms with Crippen LogP contribution >= 0.6 is 34.8 Å². The second-order valence-electron chi connectivity index (χ2n) is 16.1. The molecular weight excluding hydrogens is 913 g/mol. The molecule has 1 aliphatic carbocycles. The molecule has 3 aromatic rings. The van der Waals surface area contributed by atoms with Gasteiger partial charge in [-0.25, -0.2) is 4.68 Å². The van der Waals surface area contributed by atoms with Crippen LogP contribution in [0.25, 0.3) is 0 Å². The van der Waals surface area contributed by atoms with Gasteiger partial charge in [0.2, 0.25) is 0 Å². The first-order valence-corrected chi connectivity index (χ1v) is 21.5. The van der Waals surface area contributed by atoms with Gasteiger partial charge in [-0.1, -0.05) is 40.0 Å². The van der Waals surface area contributed by atoms with Crippen molar-refractivity contribution in [2.45, 2.75) is 136 Å². The topological polar surface area (TPSA) is 382 Å². The van der Waals surface area contributed by atoms with Gasteiger partial charge in [-0.05, 0) is 36.8 Å². The molecule has 1 aromatic heterocycles. The zero-order valence-corrected chi connectivity index (χ0v) is 36.2. The molecule has 4 aliphatic rings. The first-order chi connectivity index (χ1) is 30.4. The lowest BCUT2D eigenvalue weighted by Gasteiger charge is -2.47. The van der Waals surface area contributed by atoms with Crippen molar-refractivity contribution in [3.8, 4) is 17.2 Å². The lowest BCUT2D eigenvalue weighted by molar-refractivity contribution is -0.306. The van der Waals surface area contributed by atoms with E-state index in [1.54, 1.807) is 42.6 Å². The number of nitrogens with zero attached hydrogens (tertiary/aromatic N) is 3. The van der Waals surface area contributed by atoms with Gasteiger partial charge in [-0.15, -0.1) is 5.10 Å². The summed E-state index contributed by atoms with van der Waals surface area (Å²) in [5, 5.41) is 74.9. The van der Waals surface area contributed by atoms with Crippen LogP contribution in [0.3, 0.4) is 0 Å². The van der Waals surface area contributed by atoms with Gasteiger partial charge in [0, 0.05) is 46.3 Å². The van der Waals surface area contributed by atoms with Crippen molar-refractivity contribution in [1.29, 1.82) is 0 Å². The normalized spacial score (nSPS) is 39.2. The molecule has 3 aliphatic heterocycles. The van der Waals surface area contributed by atoms with Crippen LogP contribution < -0.4 is 43.9 Å². The van der Waals surface area contributed by atoms with Crippen molar-refractivity contribution in [3.05, 3.63) is 63.4 Å². The molecule has 356 valence electrons. The summed E-state index contributed by atoms with van der Waals surface area (Å²) >= 11 is 18.6. The van der Waals surface area contributed by atoms with Gasteiger partial charge in [-0.3, -0.25) is 0 Å². The molecule has 1 saturated carbocycles. The van der Waals surface area contributed by atoms with Gasteiger partial charge in [0.05, 0.1) is 30.9 Å². The van der Waals surface area contributed by atoms with Crippen LogP contribution in [0.4, 0.5) is 0 Å². The number of aliphatic hydroxyl groups excluding tert-OH is 6. The van der Waals surface area contributed by atoms with E-state index >= 15 is 0 Å². The summed E-state index contributed by atoms with van der Waals surface area (Å²) in [6.07, 6.45) is -19.0. The monoisotopic (exact) mass is 965 g/mol. The Kier molecular flexibility index (Phi) is 16.2. The number of nitrogens with two attached hydrogens (primary N) is 6. The molecule has 3 saturated heterocycles. The highest BCUT2D eigenvalue weighted by Crippen LogP contribution is 2.36. The third kappa shape index (κ3) is 11.0. The number of rotatable bonds is 15. The van der Waals surface area contributed by atoms with E-state index in [2.05, 4.69) is 10.3 Å². The van der Waals surface area contributed by atoms with Crippen molar-refractivity contribution in [2.24, 2.45) is 34.4 Å². The summed E-state index contributed by atoms with van der Waals surface area (Å²) in [5.41, 5.74) is 37.1. The average molecular weight is 967 g/mol. The highest BCUT2D eigenvalue weighted by Gasteiger charge is 2.54. The summed E-state index contributed by atoms with van der Waals surface area (Å²) in [4.78, 5) is 0. The molecule has 64 heavy (non-hydrogen) atoms. The molecule has 23 nitrogen and oxygen atoms in total. The Balaban J connectivity index is 1.08. The van der Waals surface area contributed by atoms with Crippen LogP contribution in [-0.2, 0) is 41.6 Å². The van der Waals surface area contributed by atoms with Crippen molar-refractivity contribution >= 4 is 34.8 Å². The number of benzene rings is 2. The highest BCUT2D eigenvalue weighted by molar-refractivity contribution is 6.34. The van der Waals surface area contributed by atoms with Crippen molar-refractivity contribution < 1.29 is 68.5 Å². The number of aliphatic hydroxyl groups is 6. The van der Waals surface area contributed by atoms with Gasteiger partial charge in [0.1, 0.15) is 96.7 Å². The summed E-state index contributed by atoms with van der Waals surface area (Å²) < 4.78 is 49.7. The third-order valence-electron chi connectivity index (χ3n) is 11.4. The Labute approximate surface area is 381 Å². The van der Waals surface area contributed by atoms with Crippen LogP contribution in [0.1, 0.15) is 12.1 Å². The van der Waals surface area contributed by atoms with Gasteiger partial charge in [0.15, 0.2) is 18.9 Å². The summed E-state index contributed by atoms with van der Waals surface area (Å²) in [6.45, 7) is -0.606. The maximum atomic E-state index is 11.9. The molecule has 0 unspecified atom stereocenters. The summed E-state index contributed by atoms with van der Waals surface area (Å²) in [7, 11) is 0. The third-order valence-corrected chi connectivity index (χ3v) is 12.1. The SMILES string of the molecule is NC[C@@H]1O[C@H](O[C@H]2[C@@H](O)[C@H](O[C@@H]3[C@@H](O)[C@H](N)C[C@H](N)[C@H]3O[C@H]3O[C@H](CN)[C@@H](O)[C@H](O)[C@H]3N)O[C@@H]2Cn2cc(COc3cc(Cl)cc(Oc4cc(Cl)cc(Cl)c4)c3)nn2)[C@H](N)[C@@H](O)[C@@H]1O. The molecule has 26 heteroatoms. The second kappa shape index (κ2) is 21.1. The van der Waals surface area contributed by atoms with E-state index in [0.717, 1.165) is 0 Å². The van der Waals surface area contributed by atoms with Crippen molar-refractivity contribution in [1.82, 2.24) is 15.0 Å². The highest BCUT2D eigenvalue weighted by atomic mass is 35.5. The molecule has 0 bridgehead atoms. The molecule has 4 heterocycles. The fraction of sp³-hybridized carbons (Fsp3) is 0.632. The first kappa shape index (κ1) is 49.2. The summed E-state index contributed by atoms with van der Waals surface area (Å²) in [5.74, 6) is 1.06. The minimum atomic E-state index is -1.66. The molecular formula is C38H54Cl3N9O14. The molecule has 0 amide bonds. The number of aromatic nitrogens is 3. The predicted molar refractivity (Wildman–Crippen MR) is 224 cm³/mol. The van der Waals surface area contributed by atoms with Crippen LogP contribution in [0.15, 0.2) is 42.6 Å². The van der Waals surface area contributed by atoms with Crippen LogP contribution in [0, 0.1) is 0 Å². The van der Waals surface area contributed by atoms with E-state index in [-0.39, 0.29) is 32.7 Å². The second-order valence-corrected chi connectivity index (χ2v) is 17.4. The number of ether oxygens (including phenoxy) is 8. The van der Waals surface area contributed by atoms with Crippen LogP contribution in [-0.4, -0.2) is 175 Å². The van der Waals surface area contributed by atoms with E-state index in [1.807, 2.05) is 0 Å². The largest absolute Gasteiger partial charge is 0.487 e. The van der Waals surface area contributed by atoms with E-state index in [4.69, 9.17) is 107 Å². The van der Waals surface area contributed by atoms with Crippen molar-refractivity contribution in [3.63, 3.8) is 0 Å². The number of hydrogen-bond donors (Lipinski definition) is 12. The lowest BCUT2D eigenvalue weighted by atomic mass is 9.84. The maximum absolute atomic E-state index is 11.9. The van der Waals surface area contributed by atoms with Crippen LogP contribution in [0.2, 0.25) is 15.1 Å². The first-order valence-electron chi connectivity index (χ1n) is 20.3. The fourth-order valence-electron chi connectivity index (χ4n) is 7.98. The molecule has 2 aromatic carbocycles. The molecule has 19 atom stereocenters. The minimum Gasteiger partial charge on any atom is -0.487 e. The Hall–Kier alpha value is -2.67. The van der Waals surface area contributed by atoms with Gasteiger partial charge < -0.3 is 103 Å². The van der Waals surface area contributed by atoms with Gasteiger partial charge >= 0.3 is 0 Å². The smallest absolute Gasteiger partial charge is 0.187 e. The Bertz CT molecular complexity index is 2000. The maximum Gasteiger partial charge on any atom is 0.187 e. The zero-order chi connectivity index (χ0) is 46.1. The molecule has 0 spiro atoms. The lowest BCUT2D eigenvalue weighted by Crippen LogP contribution is -2.68. The predicted octanol–water partition coefficient (Wildman–Crippen LogP) is -3.26. The Morgan fingerprint density at radius 2 is 1.11 bits per heavy atom. The standard InChI is InChI=1S/C38H54Cl3N9O14/c39-13-1-14(40)4-18(3-13)58-19-5-15(41)2-17(6-19)57-12-16-10-50(49-48-16)11-24-34(63-37-26(47)31(55)29(53)23(9-43)60-37)32(56)38(61-24)64-35-27(51)20(44)7-21(45)33(35)62-36-25(46)30(54)28(52)22(8-42)59-36/h1-6,10,20-38,51-56H,7-9,11-12,42-47H2/t20-,21+,22-,23+,24-,25-,26-,27+,28-,29-,30-,31-,32-,33-,34-,35-,36-,37-,38+/m1/s1. The van der Waals surface area contributed by atoms with Crippen LogP contribution in [0.5, 0.6) is 17.2 Å². The molecule has 4 fully saturated rings.